The number of aryl methyl sites for hydroxylation is 1. The third-order valence-electron chi connectivity index (χ3n) is 4.58. The number of nitrogens with zero attached hydrogens (tertiary/aromatic N) is 1. The number of halogens is 1. The van der Waals surface area contributed by atoms with Crippen LogP contribution in [-0.4, -0.2) is 38.1 Å². The van der Waals surface area contributed by atoms with Gasteiger partial charge in [-0.25, -0.2) is 4.99 Å². The monoisotopic (exact) mass is 488 g/mol. The van der Waals surface area contributed by atoms with Gasteiger partial charge in [0.25, 0.3) is 0 Å². The van der Waals surface area contributed by atoms with Crippen LogP contribution in [0.1, 0.15) is 50.2 Å². The number of carbonyl (C=O) groups is 1. The second kappa shape index (κ2) is 12.8. The first kappa shape index (κ1) is 23.5. The largest absolute Gasteiger partial charge is 0.496 e. The van der Waals surface area contributed by atoms with E-state index in [1.54, 1.807) is 7.11 Å². The number of ether oxygens (including phenoxy) is 1. The molecule has 1 fully saturated rings. The molecule has 0 saturated heterocycles. The van der Waals surface area contributed by atoms with Gasteiger partial charge < -0.3 is 20.7 Å². The topological polar surface area (TPSA) is 74.8 Å². The van der Waals surface area contributed by atoms with E-state index < -0.39 is 0 Å². The molecule has 2 rings (SSSR count). The van der Waals surface area contributed by atoms with Crippen molar-refractivity contribution in [3.05, 3.63) is 29.3 Å². The number of hydrogen-bond donors (Lipinski definition) is 3. The average molecular weight is 488 g/mol. The molecular weight excluding hydrogens is 455 g/mol. The molecule has 7 heteroatoms. The van der Waals surface area contributed by atoms with Crippen LogP contribution in [0.25, 0.3) is 0 Å². The fourth-order valence-electron chi connectivity index (χ4n) is 3.18. The molecule has 0 unspecified atom stereocenters. The molecular formula is C20H33IN4O2. The molecule has 0 spiro atoms. The predicted octanol–water partition coefficient (Wildman–Crippen LogP) is 3.13. The first-order valence-electron chi connectivity index (χ1n) is 9.57. The summed E-state index contributed by atoms with van der Waals surface area (Å²) in [6.07, 6.45) is 5.88. The number of rotatable bonds is 7. The van der Waals surface area contributed by atoms with Crippen LogP contribution in [0.4, 0.5) is 0 Å². The molecule has 0 radical (unpaired) electrons. The van der Waals surface area contributed by atoms with Crippen molar-refractivity contribution in [1.29, 1.82) is 0 Å². The molecule has 0 aliphatic heterocycles. The van der Waals surface area contributed by atoms with Gasteiger partial charge in [0.2, 0.25) is 5.91 Å². The van der Waals surface area contributed by atoms with Crippen LogP contribution < -0.4 is 20.7 Å². The van der Waals surface area contributed by atoms with Gasteiger partial charge in [0.15, 0.2) is 5.96 Å². The maximum atomic E-state index is 12.2. The van der Waals surface area contributed by atoms with Gasteiger partial charge in [-0.3, -0.25) is 4.79 Å². The number of aliphatic imine (C=N–C) groups is 1. The van der Waals surface area contributed by atoms with E-state index in [9.17, 15) is 4.79 Å². The zero-order chi connectivity index (χ0) is 18.8. The quantitative estimate of drug-likeness (QED) is 0.313. The van der Waals surface area contributed by atoms with Gasteiger partial charge in [0.1, 0.15) is 5.75 Å². The zero-order valence-corrected chi connectivity index (χ0v) is 19.0. The van der Waals surface area contributed by atoms with Crippen molar-refractivity contribution in [2.24, 2.45) is 4.99 Å². The van der Waals surface area contributed by atoms with Gasteiger partial charge >= 0.3 is 0 Å². The van der Waals surface area contributed by atoms with Gasteiger partial charge in [-0.15, -0.1) is 24.0 Å². The van der Waals surface area contributed by atoms with E-state index in [0.717, 1.165) is 36.3 Å². The summed E-state index contributed by atoms with van der Waals surface area (Å²) in [5, 5.41) is 9.40. The molecule has 6 nitrogen and oxygen atoms in total. The number of methoxy groups -OCH3 is 1. The van der Waals surface area contributed by atoms with Crippen LogP contribution in [0, 0.1) is 6.92 Å². The SMILES string of the molecule is CCNC(=NCc1ccc(C)cc1OC)NCC(=O)NC1CCCCC1.I. The van der Waals surface area contributed by atoms with Crippen molar-refractivity contribution in [3.63, 3.8) is 0 Å². The van der Waals surface area contributed by atoms with Gasteiger partial charge in [-0.05, 0) is 38.3 Å². The molecule has 0 atom stereocenters. The molecule has 27 heavy (non-hydrogen) atoms. The highest BCUT2D eigenvalue weighted by molar-refractivity contribution is 14.0. The first-order valence-corrected chi connectivity index (χ1v) is 9.57. The zero-order valence-electron chi connectivity index (χ0n) is 16.6. The maximum Gasteiger partial charge on any atom is 0.239 e. The van der Waals surface area contributed by atoms with E-state index >= 15 is 0 Å². The molecule has 1 aliphatic carbocycles. The van der Waals surface area contributed by atoms with E-state index in [1.165, 1.54) is 19.3 Å². The van der Waals surface area contributed by atoms with Crippen LogP contribution in [0.3, 0.4) is 0 Å². The van der Waals surface area contributed by atoms with E-state index in [1.807, 2.05) is 32.0 Å². The minimum atomic E-state index is 0. The van der Waals surface area contributed by atoms with Crippen molar-refractivity contribution >= 4 is 35.8 Å². The Balaban J connectivity index is 0.00000364. The number of carbonyl (C=O) groups excluding carboxylic acids is 1. The summed E-state index contributed by atoms with van der Waals surface area (Å²) >= 11 is 0. The standard InChI is InChI=1S/C20H32N4O2.HI/c1-4-21-20(22-13-16-11-10-15(2)12-18(16)26-3)23-14-19(25)24-17-8-6-5-7-9-17;/h10-12,17H,4-9,13-14H2,1-3H3,(H,24,25)(H2,21,22,23);1H. The van der Waals surface area contributed by atoms with Crippen LogP contribution in [0.5, 0.6) is 5.75 Å². The minimum Gasteiger partial charge on any atom is -0.496 e. The Kier molecular flexibility index (Phi) is 11.2. The summed E-state index contributed by atoms with van der Waals surface area (Å²) in [6.45, 7) is 5.50. The Labute approximate surface area is 179 Å². The third-order valence-corrected chi connectivity index (χ3v) is 4.58. The molecule has 1 aliphatic rings. The van der Waals surface area contributed by atoms with Crippen LogP contribution in [0.15, 0.2) is 23.2 Å². The summed E-state index contributed by atoms with van der Waals surface area (Å²) in [6, 6.07) is 6.40. The Morgan fingerprint density at radius 2 is 1.96 bits per heavy atom. The lowest BCUT2D eigenvalue weighted by Crippen LogP contribution is -2.46. The lowest BCUT2D eigenvalue weighted by atomic mass is 9.95. The average Bonchev–Trinajstić information content (AvgIpc) is 2.65. The second-order valence-electron chi connectivity index (χ2n) is 6.77. The van der Waals surface area contributed by atoms with Crippen LogP contribution >= 0.6 is 24.0 Å². The van der Waals surface area contributed by atoms with Crippen molar-refractivity contribution in [2.75, 3.05) is 20.2 Å². The molecule has 1 aromatic carbocycles. The summed E-state index contributed by atoms with van der Waals surface area (Å²) in [5.74, 6) is 1.49. The van der Waals surface area contributed by atoms with Crippen molar-refractivity contribution < 1.29 is 9.53 Å². The maximum absolute atomic E-state index is 12.2. The highest BCUT2D eigenvalue weighted by atomic mass is 127. The van der Waals surface area contributed by atoms with Crippen molar-refractivity contribution in [3.8, 4) is 5.75 Å². The Bertz CT molecular complexity index is 616. The lowest BCUT2D eigenvalue weighted by molar-refractivity contribution is -0.120. The van der Waals surface area contributed by atoms with E-state index in [-0.39, 0.29) is 36.4 Å². The molecule has 1 saturated carbocycles. The molecule has 1 amide bonds. The second-order valence-corrected chi connectivity index (χ2v) is 6.77. The van der Waals surface area contributed by atoms with Crippen LogP contribution in [0.2, 0.25) is 0 Å². The van der Waals surface area contributed by atoms with E-state index in [2.05, 4.69) is 20.9 Å². The molecule has 0 heterocycles. The first-order chi connectivity index (χ1) is 12.6. The highest BCUT2D eigenvalue weighted by Crippen LogP contribution is 2.20. The Hall–Kier alpha value is -1.51. The number of benzene rings is 1. The molecule has 1 aromatic rings. The molecule has 3 N–H and O–H groups in total. The van der Waals surface area contributed by atoms with Crippen molar-refractivity contribution in [2.45, 2.75) is 58.5 Å². The number of hydrogen-bond acceptors (Lipinski definition) is 3. The smallest absolute Gasteiger partial charge is 0.239 e. The normalized spacial score (nSPS) is 14.9. The number of guanidine groups is 1. The van der Waals surface area contributed by atoms with E-state index in [0.29, 0.717) is 18.5 Å². The lowest BCUT2D eigenvalue weighted by Gasteiger charge is -2.23. The minimum absolute atomic E-state index is 0. The van der Waals surface area contributed by atoms with E-state index in [4.69, 9.17) is 4.74 Å². The fraction of sp³-hybridized carbons (Fsp3) is 0.600. The molecule has 0 aromatic heterocycles. The Morgan fingerprint density at radius 1 is 1.22 bits per heavy atom. The number of amides is 1. The molecule has 152 valence electrons. The summed E-state index contributed by atoms with van der Waals surface area (Å²) in [7, 11) is 1.67. The van der Waals surface area contributed by atoms with Gasteiger partial charge in [-0.1, -0.05) is 31.4 Å². The van der Waals surface area contributed by atoms with Crippen LogP contribution in [-0.2, 0) is 11.3 Å². The van der Waals surface area contributed by atoms with Gasteiger partial charge in [0, 0.05) is 18.2 Å². The Morgan fingerprint density at radius 3 is 2.63 bits per heavy atom. The fourth-order valence-corrected chi connectivity index (χ4v) is 3.18. The predicted molar refractivity (Wildman–Crippen MR) is 121 cm³/mol. The van der Waals surface area contributed by atoms with Crippen molar-refractivity contribution in [1.82, 2.24) is 16.0 Å². The summed E-state index contributed by atoms with van der Waals surface area (Å²) in [5.41, 5.74) is 2.17. The summed E-state index contributed by atoms with van der Waals surface area (Å²) < 4.78 is 5.43. The number of nitrogens with one attached hydrogen (secondary N) is 3. The molecule has 0 bridgehead atoms. The van der Waals surface area contributed by atoms with Gasteiger partial charge in [0.05, 0.1) is 20.2 Å². The summed E-state index contributed by atoms with van der Waals surface area (Å²) in [4.78, 5) is 16.7. The third kappa shape index (κ3) is 8.36. The van der Waals surface area contributed by atoms with Gasteiger partial charge in [-0.2, -0.15) is 0 Å². The highest BCUT2D eigenvalue weighted by Gasteiger charge is 2.15.